The molecule has 0 unspecified atom stereocenters. The molecule has 20 heavy (non-hydrogen) atoms. The second-order valence-corrected chi connectivity index (χ2v) is 7.18. The van der Waals surface area contributed by atoms with E-state index in [-0.39, 0.29) is 17.0 Å². The number of nitrogens with two attached hydrogens (primary N) is 1. The van der Waals surface area contributed by atoms with E-state index in [1.54, 1.807) is 18.2 Å². The topological polar surface area (TPSA) is 72.2 Å². The summed E-state index contributed by atoms with van der Waals surface area (Å²) in [7, 11) is -3.55. The summed E-state index contributed by atoms with van der Waals surface area (Å²) >= 11 is 0. The minimum absolute atomic E-state index is 0.207. The molecule has 0 aliphatic heterocycles. The molecule has 0 spiro atoms. The Bertz CT molecular complexity index is 665. The molecule has 1 fully saturated rings. The number of benzene rings is 1. The van der Waals surface area contributed by atoms with Gasteiger partial charge in [0.05, 0.1) is 11.4 Å². The van der Waals surface area contributed by atoms with E-state index in [0.29, 0.717) is 5.56 Å². The Labute approximate surface area is 120 Å². The number of hydrogen-bond acceptors (Lipinski definition) is 3. The molecule has 0 saturated heterocycles. The summed E-state index contributed by atoms with van der Waals surface area (Å²) in [6.45, 7) is 4.05. The van der Waals surface area contributed by atoms with Crippen LogP contribution in [0.5, 0.6) is 0 Å². The first-order chi connectivity index (χ1) is 9.36. The molecule has 1 aliphatic rings. The molecule has 1 aliphatic carbocycles. The molecular weight excluding hydrogens is 272 g/mol. The fourth-order valence-corrected chi connectivity index (χ4v) is 3.92. The van der Waals surface area contributed by atoms with Crippen LogP contribution in [0.15, 0.2) is 23.1 Å². The van der Waals surface area contributed by atoms with Gasteiger partial charge in [-0.15, -0.1) is 0 Å². The van der Waals surface area contributed by atoms with E-state index < -0.39 is 10.0 Å². The van der Waals surface area contributed by atoms with Crippen molar-refractivity contribution in [2.45, 2.75) is 43.5 Å². The van der Waals surface area contributed by atoms with E-state index in [1.807, 2.05) is 13.8 Å². The minimum atomic E-state index is -3.55. The van der Waals surface area contributed by atoms with Crippen LogP contribution in [-0.2, 0) is 10.0 Å². The molecule has 0 bridgehead atoms. The van der Waals surface area contributed by atoms with Crippen LogP contribution in [0.25, 0.3) is 0 Å². The molecule has 0 amide bonds. The third kappa shape index (κ3) is 3.21. The summed E-state index contributed by atoms with van der Waals surface area (Å²) in [5.74, 6) is 5.57. The second kappa shape index (κ2) is 5.57. The normalized spacial score (nSPS) is 16.9. The predicted octanol–water partition coefficient (Wildman–Crippen LogP) is 1.53. The maximum Gasteiger partial charge on any atom is 0.242 e. The SMILES string of the molecule is Cc1ccc(S(=O)(=O)NC2(C)CCC2)c(C#CCN)c1. The lowest BCUT2D eigenvalue weighted by atomic mass is 9.80. The van der Waals surface area contributed by atoms with Crippen molar-refractivity contribution in [1.82, 2.24) is 4.72 Å². The Morgan fingerprint density at radius 1 is 1.40 bits per heavy atom. The second-order valence-electron chi connectivity index (χ2n) is 5.53. The monoisotopic (exact) mass is 292 g/mol. The number of aryl methyl sites for hydroxylation is 1. The number of hydrogen-bond donors (Lipinski definition) is 2. The first-order valence-electron chi connectivity index (χ1n) is 6.70. The van der Waals surface area contributed by atoms with Crippen LogP contribution in [0.4, 0.5) is 0 Å². The van der Waals surface area contributed by atoms with Crippen molar-refractivity contribution in [3.8, 4) is 11.8 Å². The third-order valence-corrected chi connectivity index (χ3v) is 5.28. The highest BCUT2D eigenvalue weighted by Gasteiger charge is 2.36. The molecule has 0 aromatic heterocycles. The summed E-state index contributed by atoms with van der Waals surface area (Å²) in [5.41, 5.74) is 6.53. The van der Waals surface area contributed by atoms with Crippen molar-refractivity contribution in [3.05, 3.63) is 29.3 Å². The number of rotatable bonds is 3. The van der Waals surface area contributed by atoms with Gasteiger partial charge in [-0.05, 0) is 50.8 Å². The van der Waals surface area contributed by atoms with Gasteiger partial charge in [-0.2, -0.15) is 0 Å². The number of nitrogens with one attached hydrogen (secondary N) is 1. The van der Waals surface area contributed by atoms with E-state index in [0.717, 1.165) is 24.8 Å². The summed E-state index contributed by atoms with van der Waals surface area (Å²) in [5, 5.41) is 0. The van der Waals surface area contributed by atoms with Gasteiger partial charge in [0.2, 0.25) is 10.0 Å². The van der Waals surface area contributed by atoms with Crippen LogP contribution in [0.2, 0.25) is 0 Å². The first kappa shape index (κ1) is 15.0. The van der Waals surface area contributed by atoms with Gasteiger partial charge in [-0.3, -0.25) is 0 Å². The average Bonchev–Trinajstić information content (AvgIpc) is 2.33. The smallest absolute Gasteiger partial charge is 0.242 e. The van der Waals surface area contributed by atoms with Crippen LogP contribution >= 0.6 is 0 Å². The lowest BCUT2D eigenvalue weighted by molar-refractivity contribution is 0.248. The van der Waals surface area contributed by atoms with Gasteiger partial charge in [0.15, 0.2) is 0 Å². The van der Waals surface area contributed by atoms with Crippen LogP contribution in [0.1, 0.15) is 37.3 Å². The molecule has 2 rings (SSSR count). The Morgan fingerprint density at radius 3 is 2.65 bits per heavy atom. The molecule has 3 N–H and O–H groups in total. The molecule has 0 radical (unpaired) electrons. The Kier molecular flexibility index (Phi) is 4.19. The molecule has 0 atom stereocenters. The van der Waals surface area contributed by atoms with Gasteiger partial charge in [0.1, 0.15) is 0 Å². The van der Waals surface area contributed by atoms with Gasteiger partial charge >= 0.3 is 0 Å². The Hall–Kier alpha value is -1.35. The van der Waals surface area contributed by atoms with Crippen molar-refractivity contribution in [2.24, 2.45) is 5.73 Å². The van der Waals surface area contributed by atoms with E-state index >= 15 is 0 Å². The van der Waals surface area contributed by atoms with Crippen molar-refractivity contribution in [2.75, 3.05) is 6.54 Å². The standard InChI is InChI=1S/C15H20N2O2S/c1-12-6-7-14(13(11-12)5-3-10-16)20(18,19)17-15(2)8-4-9-15/h6-7,11,17H,4,8-10,16H2,1-2H3. The van der Waals surface area contributed by atoms with E-state index in [4.69, 9.17) is 5.73 Å². The molecule has 1 aromatic rings. The molecule has 0 heterocycles. The zero-order valence-electron chi connectivity index (χ0n) is 11.9. The molecular formula is C15H20N2O2S. The van der Waals surface area contributed by atoms with Gasteiger partial charge in [-0.1, -0.05) is 17.9 Å². The van der Waals surface area contributed by atoms with E-state index in [2.05, 4.69) is 16.6 Å². The molecule has 4 nitrogen and oxygen atoms in total. The van der Waals surface area contributed by atoms with Gasteiger partial charge < -0.3 is 5.73 Å². The van der Waals surface area contributed by atoms with Crippen molar-refractivity contribution in [3.63, 3.8) is 0 Å². The summed E-state index contributed by atoms with van der Waals surface area (Å²) in [6.07, 6.45) is 2.82. The lowest BCUT2D eigenvalue weighted by Gasteiger charge is -2.38. The zero-order chi connectivity index (χ0) is 14.8. The molecule has 5 heteroatoms. The van der Waals surface area contributed by atoms with Gasteiger partial charge in [0.25, 0.3) is 0 Å². The molecule has 1 saturated carbocycles. The molecule has 108 valence electrons. The van der Waals surface area contributed by atoms with Gasteiger partial charge in [-0.25, -0.2) is 13.1 Å². The van der Waals surface area contributed by atoms with Crippen molar-refractivity contribution < 1.29 is 8.42 Å². The van der Waals surface area contributed by atoms with E-state index in [9.17, 15) is 8.42 Å². The predicted molar refractivity (Wildman–Crippen MR) is 79.7 cm³/mol. The van der Waals surface area contributed by atoms with Crippen LogP contribution in [0.3, 0.4) is 0 Å². The first-order valence-corrected chi connectivity index (χ1v) is 8.18. The minimum Gasteiger partial charge on any atom is -0.320 e. The quantitative estimate of drug-likeness (QED) is 0.830. The maximum atomic E-state index is 12.5. The Balaban J connectivity index is 2.40. The highest BCUT2D eigenvalue weighted by Crippen LogP contribution is 2.33. The van der Waals surface area contributed by atoms with Crippen LogP contribution in [-0.4, -0.2) is 20.5 Å². The van der Waals surface area contributed by atoms with Crippen LogP contribution < -0.4 is 10.5 Å². The average molecular weight is 292 g/mol. The fraction of sp³-hybridized carbons (Fsp3) is 0.467. The highest BCUT2D eigenvalue weighted by molar-refractivity contribution is 7.89. The number of sulfonamides is 1. The largest absolute Gasteiger partial charge is 0.320 e. The summed E-state index contributed by atoms with van der Waals surface area (Å²) in [4.78, 5) is 0.233. The van der Waals surface area contributed by atoms with Crippen molar-refractivity contribution >= 4 is 10.0 Å². The summed E-state index contributed by atoms with van der Waals surface area (Å²) < 4.78 is 27.8. The third-order valence-electron chi connectivity index (χ3n) is 3.59. The molecule has 1 aromatic carbocycles. The van der Waals surface area contributed by atoms with Crippen LogP contribution in [0, 0.1) is 18.8 Å². The van der Waals surface area contributed by atoms with Gasteiger partial charge in [0, 0.05) is 11.1 Å². The Morgan fingerprint density at radius 2 is 2.10 bits per heavy atom. The lowest BCUT2D eigenvalue weighted by Crippen LogP contribution is -2.50. The highest BCUT2D eigenvalue weighted by atomic mass is 32.2. The maximum absolute atomic E-state index is 12.5. The van der Waals surface area contributed by atoms with Crippen molar-refractivity contribution in [1.29, 1.82) is 0 Å². The summed E-state index contributed by atoms with van der Waals surface area (Å²) in [6, 6.07) is 5.17. The zero-order valence-corrected chi connectivity index (χ0v) is 12.7. The fourth-order valence-electron chi connectivity index (χ4n) is 2.31. The van der Waals surface area contributed by atoms with E-state index in [1.165, 1.54) is 0 Å².